The summed E-state index contributed by atoms with van der Waals surface area (Å²) in [4.78, 5) is 7.71. The Kier molecular flexibility index (Phi) is 27.0. The van der Waals surface area contributed by atoms with E-state index in [1.807, 2.05) is 54.6 Å². The minimum Gasteiger partial charge on any atom is -0.508 e. The lowest BCUT2D eigenvalue weighted by molar-refractivity contribution is 0.172. The van der Waals surface area contributed by atoms with Gasteiger partial charge in [-0.15, -0.1) is 0 Å². The van der Waals surface area contributed by atoms with Gasteiger partial charge >= 0.3 is 0 Å². The summed E-state index contributed by atoms with van der Waals surface area (Å²) >= 11 is 0. The van der Waals surface area contributed by atoms with Crippen molar-refractivity contribution in [2.24, 2.45) is 0 Å². The molecule has 3 aliphatic heterocycles. The minimum atomic E-state index is 0.150. The van der Waals surface area contributed by atoms with E-state index in [9.17, 15) is 30.6 Å². The van der Waals surface area contributed by atoms with Gasteiger partial charge in [0.1, 0.15) is 17.2 Å². The van der Waals surface area contributed by atoms with Crippen molar-refractivity contribution >= 4 is 39.0 Å². The summed E-state index contributed by atoms with van der Waals surface area (Å²) in [5, 5.41) is 59.1. The van der Waals surface area contributed by atoms with Crippen molar-refractivity contribution in [3.63, 3.8) is 0 Å². The number of piperidine rings is 2. The number of likely N-dealkylation sites (tertiary alicyclic amines) is 2. The van der Waals surface area contributed by atoms with Gasteiger partial charge in [0.05, 0.1) is 0 Å². The Hall–Kier alpha value is -8.90. The molecule has 524 valence electrons. The van der Waals surface area contributed by atoms with Crippen LogP contribution in [0.3, 0.4) is 0 Å². The van der Waals surface area contributed by atoms with E-state index in [1.165, 1.54) is 96.2 Å². The van der Waals surface area contributed by atoms with E-state index in [2.05, 4.69) is 199 Å². The molecule has 13 rings (SSSR count). The average Bonchev–Trinajstić information content (AvgIpc) is 1.38. The molecule has 9 aromatic rings. The van der Waals surface area contributed by atoms with E-state index in [0.29, 0.717) is 37.1 Å². The van der Waals surface area contributed by atoms with Crippen molar-refractivity contribution < 1.29 is 30.6 Å². The maximum atomic E-state index is 10.2. The highest BCUT2D eigenvalue weighted by Crippen LogP contribution is 2.42. The molecule has 1 saturated carbocycles. The molecule has 0 bridgehead atoms. The van der Waals surface area contributed by atoms with E-state index in [4.69, 9.17) is 0 Å². The van der Waals surface area contributed by atoms with E-state index in [-0.39, 0.29) is 37.1 Å². The van der Waals surface area contributed by atoms with Crippen molar-refractivity contribution in [1.82, 2.24) is 14.7 Å². The molecule has 0 amide bonds. The van der Waals surface area contributed by atoms with Crippen molar-refractivity contribution in [3.8, 4) is 17.2 Å². The fraction of sp³-hybridized carbons (Fsp3) is 0.326. The van der Waals surface area contributed by atoms with E-state index < -0.39 is 0 Å². The number of phenolic OH excluding ortho intramolecular Hbond substituents is 3. The second-order valence-corrected chi connectivity index (χ2v) is 27.9. The van der Waals surface area contributed by atoms with Crippen LogP contribution in [0.25, 0.3) is 39.0 Å². The Bertz CT molecular complexity index is 4140. The molecule has 6 N–H and O–H groups in total. The second kappa shape index (κ2) is 37.1. The lowest BCUT2D eigenvalue weighted by atomic mass is 9.85. The number of aliphatic hydroxyl groups is 3. The summed E-state index contributed by atoms with van der Waals surface area (Å²) in [5.41, 5.74) is 22.6. The Morgan fingerprint density at radius 2 is 0.762 bits per heavy atom. The molecule has 0 aromatic heterocycles. The fourth-order valence-electron chi connectivity index (χ4n) is 15.2. The maximum absolute atomic E-state index is 10.2. The Labute approximate surface area is 601 Å². The summed E-state index contributed by atoms with van der Waals surface area (Å²) < 4.78 is 0. The first-order chi connectivity index (χ1) is 49.5. The highest BCUT2D eigenvalue weighted by molar-refractivity contribution is 6.01. The van der Waals surface area contributed by atoms with E-state index in [0.717, 1.165) is 126 Å². The predicted molar refractivity (Wildman–Crippen MR) is 420 cm³/mol. The van der Waals surface area contributed by atoms with Crippen molar-refractivity contribution in [2.45, 2.75) is 128 Å². The van der Waals surface area contributed by atoms with Crippen molar-refractivity contribution in [2.75, 3.05) is 65.6 Å². The van der Waals surface area contributed by atoms with Gasteiger partial charge < -0.3 is 40.4 Å². The number of aromatic hydroxyl groups is 3. The smallest absolute Gasteiger partial charge is 0.116 e. The molecule has 3 heterocycles. The molecule has 0 spiro atoms. The van der Waals surface area contributed by atoms with Crippen LogP contribution in [0.2, 0.25) is 0 Å². The Morgan fingerprint density at radius 1 is 0.386 bits per heavy atom. The van der Waals surface area contributed by atoms with Gasteiger partial charge in [0.2, 0.25) is 0 Å². The molecule has 9 heteroatoms. The van der Waals surface area contributed by atoms with Crippen molar-refractivity contribution in [1.29, 1.82) is 0 Å². The number of aliphatic hydroxyl groups excluding tert-OH is 3. The third-order valence-corrected chi connectivity index (χ3v) is 20.9. The van der Waals surface area contributed by atoms with Crippen LogP contribution in [0, 0.1) is 0 Å². The lowest BCUT2D eigenvalue weighted by Gasteiger charge is -2.34. The standard InChI is InChI=1S/C31H33NO2.C31H37NO2.C30H35NO2/c33-22-4-7-30(25-5-2-1-3-6-25)31(27-12-16-29(34)17-13-27)26-10-8-23(9-11-26)24-18-20-32(21-19-24)28-14-15-28;1-23(2)32-19-17-25(18-20-32)24-13-15-27(16-14-24)31(28-10-6-11-29(34)22-28)30(12-7-21-33)26-8-4-3-5-9-26;1-2-31-19-17-24(18-20-31)23-13-15-26(16-14-23)30(27-10-6-11-28(33)22-27)29(12-7-21-32)25-8-4-3-5-9-25/h1-3,5-6,8-13,16-18,28,33-34H,4,7,14-15,19-22H2;3-6,8-11,13-16,22-23,25,33-34H,7,12,17-21H2,1-2H3;3-6,8-11,13-16,22,24,32-33H,2,7,12,17-21H2,1H3/b2*31-30+;30-29+. The maximum Gasteiger partial charge on any atom is 0.116 e. The van der Waals surface area contributed by atoms with Gasteiger partial charge in [-0.2, -0.15) is 0 Å². The molecule has 9 aromatic carbocycles. The molecular formula is C92H105N3O6. The highest BCUT2D eigenvalue weighted by Gasteiger charge is 2.30. The Morgan fingerprint density at radius 3 is 1.12 bits per heavy atom. The number of rotatable bonds is 24. The summed E-state index contributed by atoms with van der Waals surface area (Å²) in [5.74, 6) is 2.02. The SMILES string of the molecule is CC(C)N1CCC(c2ccc(/C(=C(/CCCO)c3ccccc3)c3cccc(O)c3)cc2)CC1.CCN1CCC(c2ccc(/C(=C(/CCCO)c3ccccc3)c3cccc(O)c3)cc2)CC1.OCCC/C(=C(\c1ccc(O)cc1)c1ccc(C2=CCN(C3CC3)CC2)cc1)c1ccccc1. The number of phenols is 3. The van der Waals surface area contributed by atoms with Crippen LogP contribution >= 0.6 is 0 Å². The molecule has 3 fully saturated rings. The molecule has 0 radical (unpaired) electrons. The zero-order chi connectivity index (χ0) is 70.3. The van der Waals surface area contributed by atoms with Crippen LogP contribution < -0.4 is 0 Å². The third kappa shape index (κ3) is 20.0. The molecular weight excluding hydrogens is 1240 g/mol. The third-order valence-electron chi connectivity index (χ3n) is 20.9. The number of hydrogen-bond acceptors (Lipinski definition) is 9. The van der Waals surface area contributed by atoms with Crippen LogP contribution in [0.4, 0.5) is 0 Å². The van der Waals surface area contributed by atoms with Gasteiger partial charge in [-0.3, -0.25) is 4.90 Å². The van der Waals surface area contributed by atoms with Gasteiger partial charge in [0, 0.05) is 45.0 Å². The van der Waals surface area contributed by atoms with Gasteiger partial charge in [0.15, 0.2) is 0 Å². The normalized spacial score (nSPS) is 16.4. The average molecular weight is 1350 g/mol. The zero-order valence-electron chi connectivity index (χ0n) is 59.7. The molecule has 1 aliphatic carbocycles. The first kappa shape index (κ1) is 73.3. The minimum absolute atomic E-state index is 0.150. The van der Waals surface area contributed by atoms with Gasteiger partial charge in [-0.05, 0) is 284 Å². The molecule has 9 nitrogen and oxygen atoms in total. The van der Waals surface area contributed by atoms with Crippen LogP contribution in [0.15, 0.2) is 243 Å². The van der Waals surface area contributed by atoms with Crippen LogP contribution in [0.5, 0.6) is 17.2 Å². The first-order valence-corrected chi connectivity index (χ1v) is 37.3. The van der Waals surface area contributed by atoms with Crippen LogP contribution in [0.1, 0.15) is 183 Å². The number of allylic oxidation sites excluding steroid dienone is 3. The van der Waals surface area contributed by atoms with Crippen LogP contribution in [-0.4, -0.2) is 123 Å². The molecule has 0 atom stereocenters. The molecule has 0 unspecified atom stereocenters. The number of nitrogens with zero attached hydrogens (tertiary/aromatic N) is 3. The van der Waals surface area contributed by atoms with E-state index in [1.54, 1.807) is 24.3 Å². The number of hydrogen-bond donors (Lipinski definition) is 6. The van der Waals surface area contributed by atoms with Gasteiger partial charge in [0.25, 0.3) is 0 Å². The summed E-state index contributed by atoms with van der Waals surface area (Å²) in [6.45, 7) is 15.3. The Balaban J connectivity index is 0.000000153. The quantitative estimate of drug-likeness (QED) is 0.0328. The van der Waals surface area contributed by atoms with E-state index >= 15 is 0 Å². The summed E-state index contributed by atoms with van der Waals surface area (Å²) in [6, 6.07) is 82.3. The summed E-state index contributed by atoms with van der Waals surface area (Å²) in [7, 11) is 0. The lowest BCUT2D eigenvalue weighted by Crippen LogP contribution is -2.37. The number of benzene rings is 9. The van der Waals surface area contributed by atoms with Crippen molar-refractivity contribution in [3.05, 3.63) is 309 Å². The largest absolute Gasteiger partial charge is 0.508 e. The highest BCUT2D eigenvalue weighted by atomic mass is 16.3. The first-order valence-electron chi connectivity index (χ1n) is 37.3. The fourth-order valence-corrected chi connectivity index (χ4v) is 15.2. The summed E-state index contributed by atoms with van der Waals surface area (Å²) in [6.07, 6.45) is 15.5. The predicted octanol–water partition coefficient (Wildman–Crippen LogP) is 19.4. The van der Waals surface area contributed by atoms with Crippen LogP contribution in [-0.2, 0) is 0 Å². The topological polar surface area (TPSA) is 131 Å². The molecule has 101 heavy (non-hydrogen) atoms. The molecule has 4 aliphatic rings. The monoisotopic (exact) mass is 1350 g/mol. The zero-order valence-corrected chi connectivity index (χ0v) is 59.7. The second-order valence-electron chi connectivity index (χ2n) is 27.9. The van der Waals surface area contributed by atoms with Gasteiger partial charge in [-0.1, -0.05) is 213 Å². The van der Waals surface area contributed by atoms with Gasteiger partial charge in [-0.25, -0.2) is 0 Å². The molecule has 2 saturated heterocycles.